The zero-order valence-electron chi connectivity index (χ0n) is 8.09. The van der Waals surface area contributed by atoms with Crippen LogP contribution >= 0.6 is 0 Å². The molecule has 1 aliphatic carbocycles. The lowest BCUT2D eigenvalue weighted by Crippen LogP contribution is -2.39. The van der Waals surface area contributed by atoms with Crippen molar-refractivity contribution < 1.29 is 13.6 Å². The van der Waals surface area contributed by atoms with Crippen LogP contribution in [0.25, 0.3) is 0 Å². The molecule has 1 saturated heterocycles. The van der Waals surface area contributed by atoms with Crippen LogP contribution in [0.3, 0.4) is 0 Å². The van der Waals surface area contributed by atoms with E-state index in [2.05, 4.69) is 5.32 Å². The molecular weight excluding hydrogens is 190 g/mol. The van der Waals surface area contributed by atoms with E-state index in [9.17, 15) is 13.6 Å². The quantitative estimate of drug-likeness (QED) is 0.742. The van der Waals surface area contributed by atoms with Gasteiger partial charge in [-0.2, -0.15) is 0 Å². The minimum atomic E-state index is -2.44. The van der Waals surface area contributed by atoms with Crippen molar-refractivity contribution >= 4 is 5.91 Å². The molecule has 80 valence electrons. The molecule has 0 aromatic rings. The number of halogens is 2. The number of hydrogen-bond acceptors (Lipinski definition) is 2. The van der Waals surface area contributed by atoms with Crippen molar-refractivity contribution in [2.24, 2.45) is 0 Å². The summed E-state index contributed by atoms with van der Waals surface area (Å²) >= 11 is 0. The van der Waals surface area contributed by atoms with Crippen LogP contribution in [0, 0.1) is 0 Å². The van der Waals surface area contributed by atoms with Gasteiger partial charge in [0.1, 0.15) is 0 Å². The van der Waals surface area contributed by atoms with Crippen molar-refractivity contribution in [1.29, 1.82) is 0 Å². The number of amides is 1. The lowest BCUT2D eigenvalue weighted by atomic mass is 10.3. The fourth-order valence-electron chi connectivity index (χ4n) is 2.04. The van der Waals surface area contributed by atoms with Crippen LogP contribution in [0.2, 0.25) is 0 Å². The summed E-state index contributed by atoms with van der Waals surface area (Å²) in [6, 6.07) is 0. The Morgan fingerprint density at radius 3 is 2.71 bits per heavy atom. The van der Waals surface area contributed by atoms with Crippen LogP contribution in [-0.4, -0.2) is 35.5 Å². The third kappa shape index (κ3) is 1.39. The summed E-state index contributed by atoms with van der Waals surface area (Å²) in [5.41, 5.74) is -0.463. The van der Waals surface area contributed by atoms with Gasteiger partial charge in [0.05, 0.1) is 18.2 Å². The molecule has 0 radical (unpaired) electrons. The van der Waals surface area contributed by atoms with Crippen molar-refractivity contribution in [3.63, 3.8) is 0 Å². The van der Waals surface area contributed by atoms with Crippen molar-refractivity contribution in [2.45, 2.75) is 44.3 Å². The zero-order chi connectivity index (χ0) is 10.3. The molecule has 1 unspecified atom stereocenters. The third-order valence-corrected chi connectivity index (χ3v) is 2.96. The zero-order valence-corrected chi connectivity index (χ0v) is 8.09. The first-order valence-electron chi connectivity index (χ1n) is 4.96. The highest BCUT2D eigenvalue weighted by Gasteiger charge is 2.58. The lowest BCUT2D eigenvalue weighted by Gasteiger charge is -2.22. The van der Waals surface area contributed by atoms with Gasteiger partial charge in [0.2, 0.25) is 5.91 Å². The van der Waals surface area contributed by atoms with E-state index in [0.717, 1.165) is 12.8 Å². The Bertz CT molecular complexity index is 253. The molecule has 14 heavy (non-hydrogen) atoms. The second-order valence-electron chi connectivity index (χ2n) is 4.00. The number of hydrogen-bond donors (Lipinski definition) is 1. The molecule has 2 aliphatic rings. The summed E-state index contributed by atoms with van der Waals surface area (Å²) in [5.74, 6) is -0.135. The minimum Gasteiger partial charge on any atom is -0.320 e. The number of carbonyl (C=O) groups is 1. The highest BCUT2D eigenvalue weighted by atomic mass is 19.3. The fraction of sp³-hybridized carbons (Fsp3) is 0.889. The SMILES string of the molecule is CCC1NC2(CC2)C(=O)N1CC(F)F. The summed E-state index contributed by atoms with van der Waals surface area (Å²) < 4.78 is 24.4. The number of nitrogens with one attached hydrogen (secondary N) is 1. The van der Waals surface area contributed by atoms with Crippen LogP contribution in [0.15, 0.2) is 0 Å². The molecule has 0 bridgehead atoms. The number of carbonyl (C=O) groups excluding carboxylic acids is 1. The molecular formula is C9H14F2N2O. The second-order valence-corrected chi connectivity index (χ2v) is 4.00. The van der Waals surface area contributed by atoms with E-state index >= 15 is 0 Å². The van der Waals surface area contributed by atoms with Crippen LogP contribution in [0.4, 0.5) is 8.78 Å². The molecule has 1 atom stereocenters. The van der Waals surface area contributed by atoms with Gasteiger partial charge in [-0.05, 0) is 19.3 Å². The van der Waals surface area contributed by atoms with Crippen molar-refractivity contribution in [2.75, 3.05) is 6.54 Å². The minimum absolute atomic E-state index is 0.135. The summed E-state index contributed by atoms with van der Waals surface area (Å²) in [7, 11) is 0. The largest absolute Gasteiger partial charge is 0.320 e. The van der Waals surface area contributed by atoms with Crippen molar-refractivity contribution in [3.8, 4) is 0 Å². The van der Waals surface area contributed by atoms with Gasteiger partial charge in [0.15, 0.2) is 0 Å². The molecule has 0 aromatic heterocycles. The predicted molar refractivity (Wildman–Crippen MR) is 46.9 cm³/mol. The smallest absolute Gasteiger partial charge is 0.255 e. The van der Waals surface area contributed by atoms with E-state index in [1.54, 1.807) is 0 Å². The Morgan fingerprint density at radius 2 is 2.29 bits per heavy atom. The molecule has 1 aliphatic heterocycles. The second kappa shape index (κ2) is 3.15. The number of rotatable bonds is 3. The maximum absolute atomic E-state index is 12.2. The monoisotopic (exact) mass is 204 g/mol. The highest BCUT2D eigenvalue weighted by Crippen LogP contribution is 2.42. The van der Waals surface area contributed by atoms with E-state index in [-0.39, 0.29) is 12.1 Å². The van der Waals surface area contributed by atoms with E-state index in [4.69, 9.17) is 0 Å². The third-order valence-electron chi connectivity index (χ3n) is 2.96. The normalized spacial score (nSPS) is 29.3. The Hall–Kier alpha value is -0.710. The van der Waals surface area contributed by atoms with Gasteiger partial charge in [-0.25, -0.2) is 8.78 Å². The summed E-state index contributed by atoms with van der Waals surface area (Å²) in [6.45, 7) is 1.46. The fourth-order valence-corrected chi connectivity index (χ4v) is 2.04. The topological polar surface area (TPSA) is 32.3 Å². The molecule has 1 N–H and O–H groups in total. The molecule has 0 aromatic carbocycles. The first kappa shape index (κ1) is 9.83. The molecule has 5 heteroatoms. The standard InChI is InChI=1S/C9H14F2N2O/c1-2-7-12-9(3-4-9)8(14)13(7)5-6(10)11/h6-7,12H,2-5H2,1H3. The molecule has 1 spiro atoms. The van der Waals surface area contributed by atoms with Gasteiger partial charge in [-0.1, -0.05) is 6.92 Å². The van der Waals surface area contributed by atoms with E-state index in [1.165, 1.54) is 4.90 Å². The first-order chi connectivity index (χ1) is 6.59. The predicted octanol–water partition coefficient (Wildman–Crippen LogP) is 0.952. The van der Waals surface area contributed by atoms with Crippen LogP contribution in [0.5, 0.6) is 0 Å². The Balaban J connectivity index is 2.09. The number of alkyl halides is 2. The summed E-state index contributed by atoms with van der Waals surface area (Å²) in [4.78, 5) is 13.0. The molecule has 2 rings (SSSR count). The van der Waals surface area contributed by atoms with E-state index in [0.29, 0.717) is 6.42 Å². The summed E-state index contributed by atoms with van der Waals surface area (Å²) in [6.07, 6.45) is -0.368. The van der Waals surface area contributed by atoms with Gasteiger partial charge in [0.25, 0.3) is 6.43 Å². The Morgan fingerprint density at radius 1 is 1.64 bits per heavy atom. The van der Waals surface area contributed by atoms with Crippen LogP contribution in [0.1, 0.15) is 26.2 Å². The Kier molecular flexibility index (Phi) is 2.21. The van der Waals surface area contributed by atoms with Gasteiger partial charge in [-0.15, -0.1) is 0 Å². The highest BCUT2D eigenvalue weighted by molar-refractivity contribution is 5.91. The van der Waals surface area contributed by atoms with E-state index in [1.807, 2.05) is 6.92 Å². The van der Waals surface area contributed by atoms with Crippen molar-refractivity contribution in [3.05, 3.63) is 0 Å². The molecule has 2 fully saturated rings. The number of nitrogens with zero attached hydrogens (tertiary/aromatic N) is 1. The molecule has 1 heterocycles. The molecule has 1 saturated carbocycles. The van der Waals surface area contributed by atoms with Crippen LogP contribution in [-0.2, 0) is 4.79 Å². The maximum atomic E-state index is 12.2. The average Bonchev–Trinajstić information content (AvgIpc) is 2.85. The molecule has 3 nitrogen and oxygen atoms in total. The maximum Gasteiger partial charge on any atom is 0.255 e. The van der Waals surface area contributed by atoms with Gasteiger partial charge in [0, 0.05) is 0 Å². The molecule has 1 amide bonds. The summed E-state index contributed by atoms with van der Waals surface area (Å²) in [5, 5.41) is 3.14. The van der Waals surface area contributed by atoms with Gasteiger partial charge in [-0.3, -0.25) is 10.1 Å². The van der Waals surface area contributed by atoms with Crippen LogP contribution < -0.4 is 5.32 Å². The lowest BCUT2D eigenvalue weighted by molar-refractivity contribution is -0.132. The van der Waals surface area contributed by atoms with E-state index < -0.39 is 18.5 Å². The average molecular weight is 204 g/mol. The first-order valence-corrected chi connectivity index (χ1v) is 4.96. The van der Waals surface area contributed by atoms with Gasteiger partial charge >= 0.3 is 0 Å². The van der Waals surface area contributed by atoms with Gasteiger partial charge < -0.3 is 4.90 Å². The Labute approximate surface area is 81.4 Å². The van der Waals surface area contributed by atoms with Crippen molar-refractivity contribution in [1.82, 2.24) is 10.2 Å².